The normalized spacial score (nSPS) is 14.9. The number of aromatic nitrogens is 4. The van der Waals surface area contributed by atoms with Gasteiger partial charge in [-0.1, -0.05) is 6.92 Å². The van der Waals surface area contributed by atoms with E-state index in [4.69, 9.17) is 12.2 Å². The van der Waals surface area contributed by atoms with Crippen molar-refractivity contribution in [2.45, 2.75) is 32.7 Å². The summed E-state index contributed by atoms with van der Waals surface area (Å²) >= 11 is 5.37. The van der Waals surface area contributed by atoms with Gasteiger partial charge in [0.15, 0.2) is 10.4 Å². The highest BCUT2D eigenvalue weighted by molar-refractivity contribution is 7.71. The Morgan fingerprint density at radius 3 is 2.95 bits per heavy atom. The number of carbonyl (C=O) groups excluding carboxylic acids is 1. The van der Waals surface area contributed by atoms with Crippen molar-refractivity contribution in [3.63, 3.8) is 0 Å². The van der Waals surface area contributed by atoms with Crippen LogP contribution in [0.5, 0.6) is 0 Å². The standard InChI is InChI=1S/C13H19N5OS/c1-3-9-10-12(17(2)16-9)18(13(20)15-10)7-6-14-11(19)8-4-5-8/h8H,3-7H2,1-2H3,(H,14,19)(H,15,20). The fraction of sp³-hybridized carbons (Fsp3) is 0.615. The summed E-state index contributed by atoms with van der Waals surface area (Å²) in [5.41, 5.74) is 3.02. The van der Waals surface area contributed by atoms with Crippen LogP contribution in [0.4, 0.5) is 0 Å². The Labute approximate surface area is 122 Å². The van der Waals surface area contributed by atoms with Crippen LogP contribution in [0.3, 0.4) is 0 Å². The Hall–Kier alpha value is -1.63. The molecule has 2 aromatic heterocycles. The Morgan fingerprint density at radius 1 is 1.55 bits per heavy atom. The van der Waals surface area contributed by atoms with Crippen molar-refractivity contribution in [1.29, 1.82) is 0 Å². The van der Waals surface area contributed by atoms with E-state index in [-0.39, 0.29) is 11.8 Å². The highest BCUT2D eigenvalue weighted by Crippen LogP contribution is 2.28. The number of carbonyl (C=O) groups is 1. The van der Waals surface area contributed by atoms with E-state index in [1.807, 2.05) is 16.3 Å². The van der Waals surface area contributed by atoms with E-state index in [0.717, 1.165) is 36.1 Å². The number of aryl methyl sites for hydroxylation is 2. The molecule has 2 heterocycles. The first kappa shape index (κ1) is 13.4. The third-order valence-electron chi connectivity index (χ3n) is 3.74. The van der Waals surface area contributed by atoms with Gasteiger partial charge in [0.05, 0.1) is 5.69 Å². The molecule has 2 N–H and O–H groups in total. The lowest BCUT2D eigenvalue weighted by Crippen LogP contribution is -2.28. The van der Waals surface area contributed by atoms with Crippen molar-refractivity contribution in [2.24, 2.45) is 13.0 Å². The molecule has 3 rings (SSSR count). The Kier molecular flexibility index (Phi) is 3.37. The third kappa shape index (κ3) is 2.26. The predicted octanol–water partition coefficient (Wildman–Crippen LogP) is 1.52. The maximum atomic E-state index is 11.6. The minimum absolute atomic E-state index is 0.169. The Bertz CT molecular complexity index is 706. The van der Waals surface area contributed by atoms with Crippen molar-refractivity contribution in [3.8, 4) is 0 Å². The number of H-pyrrole nitrogens is 1. The second-order valence-corrected chi connectivity index (χ2v) is 5.66. The van der Waals surface area contributed by atoms with Crippen molar-refractivity contribution in [3.05, 3.63) is 10.5 Å². The van der Waals surface area contributed by atoms with E-state index in [0.29, 0.717) is 17.9 Å². The molecule has 0 aliphatic heterocycles. The Morgan fingerprint density at radius 2 is 2.30 bits per heavy atom. The fourth-order valence-corrected chi connectivity index (χ4v) is 2.79. The third-order valence-corrected chi connectivity index (χ3v) is 4.06. The number of hydrogen-bond acceptors (Lipinski definition) is 3. The highest BCUT2D eigenvalue weighted by atomic mass is 32.1. The zero-order valence-corrected chi connectivity index (χ0v) is 12.6. The quantitative estimate of drug-likeness (QED) is 0.821. The average Bonchev–Trinajstić information content (AvgIpc) is 3.16. The van der Waals surface area contributed by atoms with Crippen LogP contribution in [-0.2, 0) is 24.8 Å². The average molecular weight is 293 g/mol. The van der Waals surface area contributed by atoms with Crippen LogP contribution < -0.4 is 5.32 Å². The zero-order valence-electron chi connectivity index (χ0n) is 11.8. The number of rotatable bonds is 5. The summed E-state index contributed by atoms with van der Waals surface area (Å²) < 4.78 is 4.54. The fourth-order valence-electron chi connectivity index (χ4n) is 2.51. The number of nitrogens with one attached hydrogen (secondary N) is 2. The van der Waals surface area contributed by atoms with Gasteiger partial charge in [-0.25, -0.2) is 0 Å². The van der Waals surface area contributed by atoms with E-state index in [1.54, 1.807) is 0 Å². The molecule has 1 aliphatic carbocycles. The van der Waals surface area contributed by atoms with Crippen LogP contribution in [0.15, 0.2) is 0 Å². The second kappa shape index (κ2) is 5.05. The summed E-state index contributed by atoms with van der Waals surface area (Å²) in [4.78, 5) is 14.9. The molecule has 1 saturated carbocycles. The minimum Gasteiger partial charge on any atom is -0.354 e. The van der Waals surface area contributed by atoms with Crippen LogP contribution in [0.2, 0.25) is 0 Å². The lowest BCUT2D eigenvalue weighted by Gasteiger charge is -2.06. The van der Waals surface area contributed by atoms with Gasteiger partial charge in [0.1, 0.15) is 5.52 Å². The van der Waals surface area contributed by atoms with E-state index in [1.165, 1.54) is 0 Å². The van der Waals surface area contributed by atoms with Crippen molar-refractivity contribution in [2.75, 3.05) is 6.54 Å². The summed E-state index contributed by atoms with van der Waals surface area (Å²) in [5, 5.41) is 7.45. The first-order valence-electron chi connectivity index (χ1n) is 7.04. The zero-order chi connectivity index (χ0) is 14.3. The van der Waals surface area contributed by atoms with Gasteiger partial charge in [0, 0.05) is 26.1 Å². The van der Waals surface area contributed by atoms with Gasteiger partial charge >= 0.3 is 0 Å². The maximum absolute atomic E-state index is 11.6. The SMILES string of the molecule is CCc1nn(C)c2c1[nH]c(=S)n2CCNC(=O)C1CC1. The molecule has 0 unspecified atom stereocenters. The van der Waals surface area contributed by atoms with Crippen molar-refractivity contribution >= 4 is 29.3 Å². The molecular weight excluding hydrogens is 274 g/mol. The summed E-state index contributed by atoms with van der Waals surface area (Å²) in [6, 6.07) is 0. The molecule has 2 aromatic rings. The van der Waals surface area contributed by atoms with Crippen LogP contribution in [0.25, 0.3) is 11.2 Å². The van der Waals surface area contributed by atoms with E-state index in [9.17, 15) is 4.79 Å². The predicted molar refractivity (Wildman–Crippen MR) is 79.0 cm³/mol. The largest absolute Gasteiger partial charge is 0.354 e. The van der Waals surface area contributed by atoms with Gasteiger partial charge in [-0.05, 0) is 31.5 Å². The first-order chi connectivity index (χ1) is 9.61. The molecule has 0 bridgehead atoms. The Balaban J connectivity index is 1.79. The number of aromatic amines is 1. The number of nitrogens with zero attached hydrogens (tertiary/aromatic N) is 3. The molecule has 1 fully saturated rings. The van der Waals surface area contributed by atoms with Crippen molar-refractivity contribution in [1.82, 2.24) is 24.6 Å². The van der Waals surface area contributed by atoms with Gasteiger partial charge in [-0.15, -0.1) is 0 Å². The molecule has 1 amide bonds. The molecule has 1 aliphatic rings. The van der Waals surface area contributed by atoms with Crippen molar-refractivity contribution < 1.29 is 4.79 Å². The summed E-state index contributed by atoms with van der Waals surface area (Å²) in [6.07, 6.45) is 2.92. The molecule has 0 saturated heterocycles. The van der Waals surface area contributed by atoms with Crippen LogP contribution in [0, 0.1) is 10.7 Å². The van der Waals surface area contributed by atoms with Crippen LogP contribution >= 0.6 is 12.2 Å². The first-order valence-corrected chi connectivity index (χ1v) is 7.44. The minimum atomic E-state index is 0.169. The second-order valence-electron chi connectivity index (χ2n) is 5.27. The topological polar surface area (TPSA) is 67.6 Å². The van der Waals surface area contributed by atoms with Gasteiger partial charge in [0.25, 0.3) is 0 Å². The molecule has 7 heteroatoms. The molecular formula is C13H19N5OS. The lowest BCUT2D eigenvalue weighted by atomic mass is 10.3. The lowest BCUT2D eigenvalue weighted by molar-refractivity contribution is -0.122. The van der Waals surface area contributed by atoms with Gasteiger partial charge in [0.2, 0.25) is 5.91 Å². The monoisotopic (exact) mass is 293 g/mol. The van der Waals surface area contributed by atoms with Gasteiger partial charge in [-0.2, -0.15) is 5.10 Å². The number of hydrogen-bond donors (Lipinski definition) is 2. The number of amides is 1. The van der Waals surface area contributed by atoms with Gasteiger partial charge < -0.3 is 10.3 Å². The molecule has 0 radical (unpaired) electrons. The molecule has 0 spiro atoms. The molecule has 108 valence electrons. The maximum Gasteiger partial charge on any atom is 0.223 e. The summed E-state index contributed by atoms with van der Waals surface area (Å²) in [6.45, 7) is 3.34. The van der Waals surface area contributed by atoms with Crippen LogP contribution in [-0.4, -0.2) is 31.8 Å². The van der Waals surface area contributed by atoms with E-state index < -0.39 is 0 Å². The smallest absolute Gasteiger partial charge is 0.223 e. The summed E-state index contributed by atoms with van der Waals surface area (Å²) in [5.74, 6) is 0.417. The molecule has 0 atom stereocenters. The molecule has 6 nitrogen and oxygen atoms in total. The number of imidazole rings is 1. The van der Waals surface area contributed by atoms with Crippen LogP contribution in [0.1, 0.15) is 25.5 Å². The van der Waals surface area contributed by atoms with Gasteiger partial charge in [-0.3, -0.25) is 14.0 Å². The van der Waals surface area contributed by atoms with E-state index >= 15 is 0 Å². The number of fused-ring (bicyclic) bond motifs is 1. The highest BCUT2D eigenvalue weighted by Gasteiger charge is 2.29. The summed E-state index contributed by atoms with van der Waals surface area (Å²) in [7, 11) is 1.92. The molecule has 20 heavy (non-hydrogen) atoms. The van der Waals surface area contributed by atoms with E-state index in [2.05, 4.69) is 22.3 Å². The molecule has 0 aromatic carbocycles.